The first-order valence-corrected chi connectivity index (χ1v) is 10.0. The lowest BCUT2D eigenvalue weighted by molar-refractivity contribution is -0.150. The van der Waals surface area contributed by atoms with Crippen LogP contribution in [-0.2, 0) is 14.3 Å². The van der Waals surface area contributed by atoms with Gasteiger partial charge in [-0.25, -0.2) is 9.18 Å². The number of hydrogen-bond acceptors (Lipinski definition) is 5. The van der Waals surface area contributed by atoms with Crippen molar-refractivity contribution in [1.29, 1.82) is 0 Å². The summed E-state index contributed by atoms with van der Waals surface area (Å²) in [5.74, 6) is -2.34. The number of carbonyl (C=O) groups is 3. The number of hydrogen-bond donors (Lipinski definition) is 2. The SMILES string of the molecule is CCOc1ccc(C(=O)NC(C(=O)OCC(=O)Nc2cc(Cl)ccc2F)C(C)C)cc1. The molecule has 31 heavy (non-hydrogen) atoms. The first-order chi connectivity index (χ1) is 14.7. The molecule has 0 saturated carbocycles. The van der Waals surface area contributed by atoms with Crippen LogP contribution in [0.2, 0.25) is 5.02 Å². The third-order valence-electron chi connectivity index (χ3n) is 4.18. The molecule has 2 aromatic rings. The predicted molar refractivity (Wildman–Crippen MR) is 115 cm³/mol. The highest BCUT2D eigenvalue weighted by Gasteiger charge is 2.27. The van der Waals surface area contributed by atoms with E-state index in [0.717, 1.165) is 6.07 Å². The fraction of sp³-hybridized carbons (Fsp3) is 0.318. The molecule has 166 valence electrons. The molecule has 2 amide bonds. The van der Waals surface area contributed by atoms with Crippen molar-refractivity contribution in [3.8, 4) is 5.75 Å². The topological polar surface area (TPSA) is 93.7 Å². The van der Waals surface area contributed by atoms with Crippen molar-refractivity contribution >= 4 is 35.1 Å². The van der Waals surface area contributed by atoms with Gasteiger partial charge in [0.15, 0.2) is 6.61 Å². The summed E-state index contributed by atoms with van der Waals surface area (Å²) in [5, 5.41) is 5.13. The quantitative estimate of drug-likeness (QED) is 0.566. The molecule has 2 N–H and O–H groups in total. The zero-order valence-electron chi connectivity index (χ0n) is 17.4. The van der Waals surface area contributed by atoms with Gasteiger partial charge in [-0.3, -0.25) is 9.59 Å². The first kappa shape index (κ1) is 24.1. The van der Waals surface area contributed by atoms with Gasteiger partial charge in [-0.2, -0.15) is 0 Å². The Hall–Kier alpha value is -3.13. The van der Waals surface area contributed by atoms with Crippen molar-refractivity contribution in [2.24, 2.45) is 5.92 Å². The van der Waals surface area contributed by atoms with E-state index in [2.05, 4.69) is 10.6 Å². The van der Waals surface area contributed by atoms with Gasteiger partial charge < -0.3 is 20.1 Å². The lowest BCUT2D eigenvalue weighted by Gasteiger charge is -2.21. The van der Waals surface area contributed by atoms with Gasteiger partial charge in [0.05, 0.1) is 12.3 Å². The minimum Gasteiger partial charge on any atom is -0.494 e. The van der Waals surface area contributed by atoms with Gasteiger partial charge in [-0.05, 0) is 55.3 Å². The summed E-state index contributed by atoms with van der Waals surface area (Å²) < 4.78 is 24.0. The lowest BCUT2D eigenvalue weighted by Crippen LogP contribution is -2.45. The monoisotopic (exact) mass is 450 g/mol. The summed E-state index contributed by atoms with van der Waals surface area (Å²) in [6, 6.07) is 9.18. The average Bonchev–Trinajstić information content (AvgIpc) is 2.73. The molecule has 0 aromatic heterocycles. The third-order valence-corrected chi connectivity index (χ3v) is 4.42. The van der Waals surface area contributed by atoms with Crippen LogP contribution in [0.15, 0.2) is 42.5 Å². The van der Waals surface area contributed by atoms with Crippen molar-refractivity contribution in [1.82, 2.24) is 5.32 Å². The highest BCUT2D eigenvalue weighted by molar-refractivity contribution is 6.30. The summed E-state index contributed by atoms with van der Waals surface area (Å²) in [6.45, 7) is 5.17. The van der Waals surface area contributed by atoms with Gasteiger partial charge >= 0.3 is 5.97 Å². The molecule has 2 aromatic carbocycles. The number of anilines is 1. The van der Waals surface area contributed by atoms with Gasteiger partial charge in [-0.1, -0.05) is 25.4 Å². The minimum atomic E-state index is -0.977. The molecule has 0 bridgehead atoms. The van der Waals surface area contributed by atoms with Gasteiger partial charge in [0.25, 0.3) is 11.8 Å². The number of esters is 1. The lowest BCUT2D eigenvalue weighted by atomic mass is 10.0. The Labute approximate surface area is 184 Å². The van der Waals surface area contributed by atoms with Gasteiger partial charge in [0, 0.05) is 10.6 Å². The number of nitrogens with one attached hydrogen (secondary N) is 2. The highest BCUT2D eigenvalue weighted by Crippen LogP contribution is 2.19. The van der Waals surface area contributed by atoms with Crippen molar-refractivity contribution in [2.45, 2.75) is 26.8 Å². The molecule has 1 unspecified atom stereocenters. The number of rotatable bonds is 9. The number of halogens is 2. The molecule has 0 aliphatic carbocycles. The van der Waals surface area contributed by atoms with Crippen molar-refractivity contribution in [2.75, 3.05) is 18.5 Å². The Kier molecular flexibility index (Phi) is 8.81. The van der Waals surface area contributed by atoms with E-state index < -0.39 is 36.2 Å². The molecule has 1 atom stereocenters. The van der Waals surface area contributed by atoms with Gasteiger partial charge in [0.1, 0.15) is 17.6 Å². The molecule has 0 spiro atoms. The van der Waals surface area contributed by atoms with E-state index in [-0.39, 0.29) is 16.6 Å². The first-order valence-electron chi connectivity index (χ1n) is 9.66. The van der Waals surface area contributed by atoms with Crippen LogP contribution in [0.1, 0.15) is 31.1 Å². The molecule has 2 rings (SSSR count). The molecule has 0 saturated heterocycles. The van der Waals surface area contributed by atoms with E-state index in [1.165, 1.54) is 12.1 Å². The maximum atomic E-state index is 13.7. The standard InChI is InChI=1S/C22H24ClFN2O5/c1-4-30-16-8-5-14(6-9-16)21(28)26-20(13(2)3)22(29)31-12-19(27)25-18-11-15(23)7-10-17(18)24/h5-11,13,20H,4,12H2,1-3H3,(H,25,27)(H,26,28). The molecular weight excluding hydrogens is 427 g/mol. The second-order valence-electron chi connectivity index (χ2n) is 6.93. The van der Waals surface area contributed by atoms with Crippen LogP contribution < -0.4 is 15.4 Å². The molecule has 0 fully saturated rings. The third kappa shape index (κ3) is 7.25. The van der Waals surface area contributed by atoms with Crippen LogP contribution in [0, 0.1) is 11.7 Å². The minimum absolute atomic E-state index is 0.127. The fourth-order valence-corrected chi connectivity index (χ4v) is 2.77. The predicted octanol–water partition coefficient (Wildman–Crippen LogP) is 3.81. The smallest absolute Gasteiger partial charge is 0.329 e. The van der Waals surface area contributed by atoms with Crippen LogP contribution in [-0.4, -0.2) is 37.0 Å². The Morgan fingerprint density at radius 2 is 1.77 bits per heavy atom. The van der Waals surface area contributed by atoms with E-state index in [0.29, 0.717) is 17.9 Å². The largest absolute Gasteiger partial charge is 0.494 e. The summed E-state index contributed by atoms with van der Waals surface area (Å²) in [5.41, 5.74) is 0.217. The van der Waals surface area contributed by atoms with E-state index in [1.54, 1.807) is 38.1 Å². The number of benzene rings is 2. The zero-order chi connectivity index (χ0) is 23.0. The summed E-state index contributed by atoms with van der Waals surface area (Å²) in [4.78, 5) is 36.9. The molecule has 0 heterocycles. The van der Waals surface area contributed by atoms with E-state index in [9.17, 15) is 18.8 Å². The molecule has 0 aliphatic rings. The average molecular weight is 451 g/mol. The maximum absolute atomic E-state index is 13.7. The Morgan fingerprint density at radius 1 is 1.10 bits per heavy atom. The zero-order valence-corrected chi connectivity index (χ0v) is 18.2. The van der Waals surface area contributed by atoms with Crippen molar-refractivity contribution in [3.05, 3.63) is 58.9 Å². The van der Waals surface area contributed by atoms with E-state index in [1.807, 2.05) is 6.92 Å². The van der Waals surface area contributed by atoms with E-state index >= 15 is 0 Å². The second kappa shape index (κ2) is 11.3. The van der Waals surface area contributed by atoms with Crippen LogP contribution in [0.5, 0.6) is 5.75 Å². The summed E-state index contributed by atoms with van der Waals surface area (Å²) in [6.07, 6.45) is 0. The van der Waals surface area contributed by atoms with Crippen molar-refractivity contribution < 1.29 is 28.2 Å². The summed E-state index contributed by atoms with van der Waals surface area (Å²) >= 11 is 5.78. The maximum Gasteiger partial charge on any atom is 0.329 e. The van der Waals surface area contributed by atoms with Crippen molar-refractivity contribution in [3.63, 3.8) is 0 Å². The van der Waals surface area contributed by atoms with Gasteiger partial charge in [0.2, 0.25) is 0 Å². The van der Waals surface area contributed by atoms with Gasteiger partial charge in [-0.15, -0.1) is 0 Å². The molecule has 0 radical (unpaired) electrons. The number of amides is 2. The molecule has 0 aliphatic heterocycles. The highest BCUT2D eigenvalue weighted by atomic mass is 35.5. The van der Waals surface area contributed by atoms with Crippen LogP contribution in [0.3, 0.4) is 0 Å². The summed E-state index contributed by atoms with van der Waals surface area (Å²) in [7, 11) is 0. The molecule has 7 nitrogen and oxygen atoms in total. The second-order valence-corrected chi connectivity index (χ2v) is 7.37. The Balaban J connectivity index is 1.94. The normalized spacial score (nSPS) is 11.5. The fourth-order valence-electron chi connectivity index (χ4n) is 2.60. The Morgan fingerprint density at radius 3 is 2.39 bits per heavy atom. The number of carbonyl (C=O) groups excluding carboxylic acids is 3. The molecule has 9 heteroatoms. The van der Waals surface area contributed by atoms with E-state index in [4.69, 9.17) is 21.1 Å². The van der Waals surface area contributed by atoms with Crippen LogP contribution in [0.4, 0.5) is 10.1 Å². The van der Waals surface area contributed by atoms with Crippen LogP contribution >= 0.6 is 11.6 Å². The number of ether oxygens (including phenoxy) is 2. The van der Waals surface area contributed by atoms with Crippen LogP contribution in [0.25, 0.3) is 0 Å². The molecular formula is C22H24ClFN2O5. The Bertz CT molecular complexity index is 934.